The maximum atomic E-state index is 6.09. The predicted octanol–water partition coefficient (Wildman–Crippen LogP) is 1.16. The maximum Gasteiger partial charge on any atom is 0.118 e. The first-order valence-electron chi connectivity index (χ1n) is 10.1. The zero-order valence-electron chi connectivity index (χ0n) is 18.4. The summed E-state index contributed by atoms with van der Waals surface area (Å²) < 4.78 is 33.2. The Morgan fingerprint density at radius 2 is 0.929 bits per heavy atom. The molecule has 1 aromatic rings. The van der Waals surface area contributed by atoms with E-state index in [2.05, 4.69) is 38.3 Å². The van der Waals surface area contributed by atoms with Crippen LogP contribution in [0, 0.1) is 0 Å². The van der Waals surface area contributed by atoms with Crippen molar-refractivity contribution in [3.63, 3.8) is 0 Å². The van der Waals surface area contributed by atoms with E-state index in [1.54, 1.807) is 14.2 Å². The molecule has 0 bridgehead atoms. The van der Waals surface area contributed by atoms with Crippen LogP contribution in [-0.4, -0.2) is 84.7 Å². The molecule has 0 aliphatic rings. The summed E-state index contributed by atoms with van der Waals surface area (Å²) in [5.41, 5.74) is 0. The maximum absolute atomic E-state index is 6.09. The lowest BCUT2D eigenvalue weighted by molar-refractivity contribution is 0.0541. The average molecular weight is 431 g/mol. The van der Waals surface area contributed by atoms with Gasteiger partial charge in [0.1, 0.15) is 24.7 Å². The van der Waals surface area contributed by atoms with Gasteiger partial charge in [-0.2, -0.15) is 0 Å². The molecule has 162 valence electrons. The topological polar surface area (TPSA) is 55.4 Å². The van der Waals surface area contributed by atoms with Gasteiger partial charge in [-0.05, 0) is 22.5 Å². The summed E-state index contributed by atoms with van der Waals surface area (Å²) in [7, 11) is 1.20. The molecule has 0 atom stereocenters. The highest BCUT2D eigenvalue weighted by Gasteiger charge is 2.17. The number of methoxy groups -OCH3 is 2. The summed E-state index contributed by atoms with van der Waals surface area (Å²) in [6.45, 7) is 13.8. The molecule has 6 nitrogen and oxygen atoms in total. The Kier molecular flexibility index (Phi) is 13.5. The highest BCUT2D eigenvalue weighted by Crippen LogP contribution is 2.17. The van der Waals surface area contributed by atoms with E-state index in [9.17, 15) is 0 Å². The Morgan fingerprint density at radius 1 is 0.571 bits per heavy atom. The van der Waals surface area contributed by atoms with Crippen LogP contribution in [0.4, 0.5) is 0 Å². The van der Waals surface area contributed by atoms with E-state index >= 15 is 0 Å². The first kappa shape index (κ1) is 25.1. The lowest BCUT2D eigenvalue weighted by atomic mass is 10.3. The van der Waals surface area contributed by atoms with Crippen LogP contribution in [0.5, 0.6) is 11.5 Å². The largest absolute Gasteiger partial charge is 0.491 e. The number of ether oxygens (including phenoxy) is 6. The van der Waals surface area contributed by atoms with Crippen molar-refractivity contribution in [3.05, 3.63) is 12.1 Å². The molecule has 1 aromatic carbocycles. The minimum absolute atomic E-state index is 0.546. The third-order valence-corrected chi connectivity index (χ3v) is 7.61. The molecule has 1 rings (SSSR count). The van der Waals surface area contributed by atoms with Crippen LogP contribution in [-0.2, 0) is 18.9 Å². The zero-order chi connectivity index (χ0) is 20.8. The SMILES string of the molecule is COCCOCCOc1cc([SiH](C)C)c(OCCOCCOC)cc1[SiH](C)C. The molecule has 0 aliphatic carbocycles. The standard InChI is InChI=1S/C20H38O6Si2/c1-21-7-9-23-11-13-25-17-15-20(28(5)6)18(16-19(17)27(3)4)26-14-12-24-10-8-22-2/h15-16,27-28H,7-14H2,1-6H3. The lowest BCUT2D eigenvalue weighted by Crippen LogP contribution is -2.33. The van der Waals surface area contributed by atoms with Crippen molar-refractivity contribution >= 4 is 28.0 Å². The fraction of sp³-hybridized carbons (Fsp3) is 0.700. The average Bonchev–Trinajstić information content (AvgIpc) is 2.67. The first-order chi connectivity index (χ1) is 13.5. The van der Waals surface area contributed by atoms with Crippen molar-refractivity contribution in [1.29, 1.82) is 0 Å². The fourth-order valence-electron chi connectivity index (χ4n) is 2.65. The molecule has 8 heteroatoms. The first-order valence-corrected chi connectivity index (χ1v) is 15.8. The van der Waals surface area contributed by atoms with Crippen molar-refractivity contribution in [2.75, 3.05) is 67.1 Å². The Labute approximate surface area is 173 Å². The van der Waals surface area contributed by atoms with Gasteiger partial charge in [-0.25, -0.2) is 0 Å². The molecule has 0 unspecified atom stereocenters. The van der Waals surface area contributed by atoms with Crippen LogP contribution in [0.25, 0.3) is 0 Å². The van der Waals surface area contributed by atoms with Crippen molar-refractivity contribution in [2.24, 2.45) is 0 Å². The second-order valence-corrected chi connectivity index (χ2v) is 13.0. The number of hydrogen-bond donors (Lipinski definition) is 0. The Bertz CT molecular complexity index is 492. The van der Waals surface area contributed by atoms with Crippen LogP contribution < -0.4 is 19.8 Å². The molecule has 0 N–H and O–H groups in total. The minimum Gasteiger partial charge on any atom is -0.491 e. The van der Waals surface area contributed by atoms with E-state index in [1.807, 2.05) is 0 Å². The summed E-state index contributed by atoms with van der Waals surface area (Å²) in [5.74, 6) is 1.99. The molecule has 0 fully saturated rings. The van der Waals surface area contributed by atoms with E-state index < -0.39 is 17.6 Å². The molecule has 0 spiro atoms. The third kappa shape index (κ3) is 9.53. The molecule has 0 heterocycles. The van der Waals surface area contributed by atoms with Crippen molar-refractivity contribution in [1.82, 2.24) is 0 Å². The van der Waals surface area contributed by atoms with Gasteiger partial charge in [-0.1, -0.05) is 26.2 Å². The van der Waals surface area contributed by atoms with Gasteiger partial charge in [0.25, 0.3) is 0 Å². The molecule has 0 saturated heterocycles. The molecule has 0 amide bonds. The quantitative estimate of drug-likeness (QED) is 0.290. The summed E-state index contributed by atoms with van der Waals surface area (Å²) in [6.07, 6.45) is 0. The second-order valence-electron chi connectivity index (χ2n) is 7.14. The fourth-order valence-corrected chi connectivity index (χ4v) is 5.09. The van der Waals surface area contributed by atoms with Crippen LogP contribution in [0.1, 0.15) is 0 Å². The molecule has 0 saturated carbocycles. The third-order valence-electron chi connectivity index (χ3n) is 4.22. The highest BCUT2D eigenvalue weighted by atomic mass is 28.3. The summed E-state index contributed by atoms with van der Waals surface area (Å²) >= 11 is 0. The van der Waals surface area contributed by atoms with E-state index in [0.717, 1.165) is 11.5 Å². The van der Waals surface area contributed by atoms with E-state index in [0.29, 0.717) is 52.9 Å². The van der Waals surface area contributed by atoms with Gasteiger partial charge in [-0.3, -0.25) is 0 Å². The Morgan fingerprint density at radius 3 is 1.25 bits per heavy atom. The van der Waals surface area contributed by atoms with Gasteiger partial charge < -0.3 is 28.4 Å². The van der Waals surface area contributed by atoms with Gasteiger partial charge in [0, 0.05) is 14.2 Å². The van der Waals surface area contributed by atoms with Crippen molar-refractivity contribution in [2.45, 2.75) is 26.2 Å². The minimum atomic E-state index is -1.07. The summed E-state index contributed by atoms with van der Waals surface area (Å²) in [5, 5.41) is 2.59. The van der Waals surface area contributed by atoms with Crippen LogP contribution in [0.3, 0.4) is 0 Å². The smallest absolute Gasteiger partial charge is 0.118 e. The van der Waals surface area contributed by atoms with Gasteiger partial charge in [-0.15, -0.1) is 0 Å². The van der Waals surface area contributed by atoms with Gasteiger partial charge in [0.05, 0.1) is 57.2 Å². The van der Waals surface area contributed by atoms with Crippen LogP contribution >= 0.6 is 0 Å². The molecular formula is C20H38O6Si2. The summed E-state index contributed by atoms with van der Waals surface area (Å²) in [4.78, 5) is 0. The molecular weight excluding hydrogens is 392 g/mol. The Hall–Kier alpha value is -0.906. The van der Waals surface area contributed by atoms with Gasteiger partial charge in [0.15, 0.2) is 0 Å². The normalized spacial score (nSPS) is 11.4. The van der Waals surface area contributed by atoms with E-state index in [-0.39, 0.29) is 0 Å². The highest BCUT2D eigenvalue weighted by molar-refractivity contribution is 6.74. The van der Waals surface area contributed by atoms with Crippen molar-refractivity contribution < 1.29 is 28.4 Å². The molecule has 0 radical (unpaired) electrons. The van der Waals surface area contributed by atoms with Gasteiger partial charge in [0.2, 0.25) is 0 Å². The summed E-state index contributed by atoms with van der Waals surface area (Å²) in [6, 6.07) is 4.41. The van der Waals surface area contributed by atoms with Crippen LogP contribution in [0.15, 0.2) is 12.1 Å². The monoisotopic (exact) mass is 430 g/mol. The second kappa shape index (κ2) is 15.0. The molecule has 0 aliphatic heterocycles. The van der Waals surface area contributed by atoms with Gasteiger partial charge >= 0.3 is 0 Å². The zero-order valence-corrected chi connectivity index (χ0v) is 20.7. The van der Waals surface area contributed by atoms with Crippen molar-refractivity contribution in [3.8, 4) is 11.5 Å². The number of benzene rings is 1. The number of rotatable bonds is 16. The predicted molar refractivity (Wildman–Crippen MR) is 120 cm³/mol. The Balaban J connectivity index is 2.74. The lowest BCUT2D eigenvalue weighted by Gasteiger charge is -2.20. The molecule has 28 heavy (non-hydrogen) atoms. The molecule has 0 aromatic heterocycles. The van der Waals surface area contributed by atoms with E-state index in [1.165, 1.54) is 10.4 Å². The van der Waals surface area contributed by atoms with Crippen LogP contribution in [0.2, 0.25) is 26.2 Å². The van der Waals surface area contributed by atoms with E-state index in [4.69, 9.17) is 28.4 Å². The number of hydrogen-bond acceptors (Lipinski definition) is 6.